The van der Waals surface area contributed by atoms with Crippen LogP contribution >= 0.6 is 15.9 Å². The van der Waals surface area contributed by atoms with Gasteiger partial charge in [-0.3, -0.25) is 10.1 Å². The van der Waals surface area contributed by atoms with E-state index in [-0.39, 0.29) is 17.5 Å². The number of nitrogens with zero attached hydrogens (tertiary/aromatic N) is 1. The number of hydrogen-bond donors (Lipinski definition) is 1. The SMILES string of the molecule is CC(NCc1ccc(Br)c([N+](=O)[O-])c1)c1ccc(F)cc1. The van der Waals surface area contributed by atoms with Gasteiger partial charge in [0.15, 0.2) is 0 Å². The summed E-state index contributed by atoms with van der Waals surface area (Å²) in [7, 11) is 0. The summed E-state index contributed by atoms with van der Waals surface area (Å²) in [5, 5.41) is 14.1. The van der Waals surface area contributed by atoms with E-state index in [1.807, 2.05) is 13.0 Å². The van der Waals surface area contributed by atoms with Crippen molar-refractivity contribution in [3.05, 3.63) is 74.0 Å². The van der Waals surface area contributed by atoms with Crippen LogP contribution < -0.4 is 5.32 Å². The van der Waals surface area contributed by atoms with Crippen molar-refractivity contribution in [1.82, 2.24) is 5.32 Å². The monoisotopic (exact) mass is 352 g/mol. The molecule has 2 aromatic rings. The van der Waals surface area contributed by atoms with Gasteiger partial charge >= 0.3 is 0 Å². The predicted molar refractivity (Wildman–Crippen MR) is 82.5 cm³/mol. The van der Waals surface area contributed by atoms with Gasteiger partial charge in [0.25, 0.3) is 5.69 Å². The largest absolute Gasteiger partial charge is 0.306 e. The van der Waals surface area contributed by atoms with Crippen LogP contribution in [0.5, 0.6) is 0 Å². The summed E-state index contributed by atoms with van der Waals surface area (Å²) in [6.07, 6.45) is 0. The Bertz CT molecular complexity index is 647. The molecular weight excluding hydrogens is 339 g/mol. The number of hydrogen-bond acceptors (Lipinski definition) is 3. The number of nitro groups is 1. The second-order valence-electron chi connectivity index (χ2n) is 4.70. The molecule has 2 rings (SSSR count). The quantitative estimate of drug-likeness (QED) is 0.642. The zero-order valence-corrected chi connectivity index (χ0v) is 12.9. The van der Waals surface area contributed by atoms with E-state index in [0.717, 1.165) is 11.1 Å². The zero-order valence-electron chi connectivity index (χ0n) is 11.3. The first-order valence-corrected chi connectivity index (χ1v) is 7.18. The molecule has 2 aromatic carbocycles. The molecule has 0 spiro atoms. The van der Waals surface area contributed by atoms with Crippen molar-refractivity contribution in [2.24, 2.45) is 0 Å². The molecule has 0 fully saturated rings. The molecule has 0 radical (unpaired) electrons. The second-order valence-corrected chi connectivity index (χ2v) is 5.55. The first-order valence-electron chi connectivity index (χ1n) is 6.39. The minimum absolute atomic E-state index is 0.0216. The third kappa shape index (κ3) is 4.09. The summed E-state index contributed by atoms with van der Waals surface area (Å²) >= 11 is 3.16. The van der Waals surface area contributed by atoms with Gasteiger partial charge in [-0.05, 0) is 52.2 Å². The summed E-state index contributed by atoms with van der Waals surface area (Å²) in [4.78, 5) is 10.5. The van der Waals surface area contributed by atoms with Gasteiger partial charge in [0.05, 0.1) is 9.40 Å². The van der Waals surface area contributed by atoms with E-state index < -0.39 is 4.92 Å². The van der Waals surface area contributed by atoms with Crippen molar-refractivity contribution >= 4 is 21.6 Å². The molecule has 0 aromatic heterocycles. The Hall–Kier alpha value is -1.79. The standard InChI is InChI=1S/C15H14BrFN2O2/c1-10(12-3-5-13(17)6-4-12)18-9-11-2-7-14(16)15(8-11)19(20)21/h2-8,10,18H,9H2,1H3. The van der Waals surface area contributed by atoms with Crippen LogP contribution in [-0.2, 0) is 6.54 Å². The molecule has 0 bridgehead atoms. The summed E-state index contributed by atoms with van der Waals surface area (Å²) < 4.78 is 13.3. The number of rotatable bonds is 5. The summed E-state index contributed by atoms with van der Waals surface area (Å²) in [6.45, 7) is 2.45. The zero-order chi connectivity index (χ0) is 15.4. The maximum absolute atomic E-state index is 12.9. The summed E-state index contributed by atoms with van der Waals surface area (Å²) in [6, 6.07) is 11.3. The fourth-order valence-electron chi connectivity index (χ4n) is 1.95. The molecule has 21 heavy (non-hydrogen) atoms. The molecule has 0 aliphatic rings. The van der Waals surface area contributed by atoms with Crippen LogP contribution in [0.3, 0.4) is 0 Å². The first-order chi connectivity index (χ1) is 9.97. The Balaban J connectivity index is 2.04. The average molecular weight is 353 g/mol. The molecule has 4 nitrogen and oxygen atoms in total. The van der Waals surface area contributed by atoms with Gasteiger partial charge in [0.1, 0.15) is 5.82 Å². The third-order valence-corrected chi connectivity index (χ3v) is 3.86. The lowest BCUT2D eigenvalue weighted by atomic mass is 10.1. The van der Waals surface area contributed by atoms with Crippen LogP contribution in [0.25, 0.3) is 0 Å². The van der Waals surface area contributed by atoms with Gasteiger partial charge in [-0.15, -0.1) is 0 Å². The van der Waals surface area contributed by atoms with Crippen LogP contribution in [0.4, 0.5) is 10.1 Å². The maximum Gasteiger partial charge on any atom is 0.283 e. The lowest BCUT2D eigenvalue weighted by Crippen LogP contribution is -2.18. The molecule has 1 atom stereocenters. The molecule has 1 unspecified atom stereocenters. The number of nitrogens with one attached hydrogen (secondary N) is 1. The third-order valence-electron chi connectivity index (χ3n) is 3.19. The fraction of sp³-hybridized carbons (Fsp3) is 0.200. The van der Waals surface area contributed by atoms with Crippen molar-refractivity contribution in [1.29, 1.82) is 0 Å². The highest BCUT2D eigenvalue weighted by molar-refractivity contribution is 9.10. The Morgan fingerprint density at radius 1 is 1.29 bits per heavy atom. The summed E-state index contributed by atoms with van der Waals surface area (Å²) in [5.74, 6) is -0.269. The molecule has 0 heterocycles. The van der Waals surface area contributed by atoms with Gasteiger partial charge in [-0.2, -0.15) is 0 Å². The summed E-state index contributed by atoms with van der Waals surface area (Å²) in [5.41, 5.74) is 1.82. The van der Waals surface area contributed by atoms with Crippen LogP contribution in [0.1, 0.15) is 24.1 Å². The van der Waals surface area contributed by atoms with Crippen molar-refractivity contribution in [2.75, 3.05) is 0 Å². The second kappa shape index (κ2) is 6.78. The van der Waals surface area contributed by atoms with Gasteiger partial charge in [0, 0.05) is 18.7 Å². The van der Waals surface area contributed by atoms with E-state index in [0.29, 0.717) is 11.0 Å². The van der Waals surface area contributed by atoms with Gasteiger partial charge in [0.2, 0.25) is 0 Å². The van der Waals surface area contributed by atoms with Gasteiger partial charge in [-0.1, -0.05) is 18.2 Å². The minimum atomic E-state index is -0.420. The van der Waals surface area contributed by atoms with E-state index in [2.05, 4.69) is 21.2 Å². The van der Waals surface area contributed by atoms with Crippen molar-refractivity contribution in [3.63, 3.8) is 0 Å². The Labute approximate surface area is 130 Å². The predicted octanol–water partition coefficient (Wildman–Crippen LogP) is 4.35. The van der Waals surface area contributed by atoms with Crippen molar-refractivity contribution in [2.45, 2.75) is 19.5 Å². The molecule has 6 heteroatoms. The van der Waals surface area contributed by atoms with Crippen LogP contribution in [0.2, 0.25) is 0 Å². The number of nitro benzene ring substituents is 1. The van der Waals surface area contributed by atoms with Crippen molar-refractivity contribution in [3.8, 4) is 0 Å². The first kappa shape index (κ1) is 15.6. The highest BCUT2D eigenvalue weighted by atomic mass is 79.9. The van der Waals surface area contributed by atoms with E-state index in [9.17, 15) is 14.5 Å². The molecular formula is C15H14BrFN2O2. The molecule has 110 valence electrons. The average Bonchev–Trinajstić information content (AvgIpc) is 2.46. The lowest BCUT2D eigenvalue weighted by molar-refractivity contribution is -0.385. The van der Waals surface area contributed by atoms with Gasteiger partial charge in [-0.25, -0.2) is 4.39 Å². The van der Waals surface area contributed by atoms with Gasteiger partial charge < -0.3 is 5.32 Å². The van der Waals surface area contributed by atoms with E-state index >= 15 is 0 Å². The molecule has 0 amide bonds. The fourth-order valence-corrected chi connectivity index (χ4v) is 2.34. The maximum atomic E-state index is 12.9. The number of benzene rings is 2. The Morgan fingerprint density at radius 3 is 2.57 bits per heavy atom. The van der Waals surface area contributed by atoms with Crippen LogP contribution in [-0.4, -0.2) is 4.92 Å². The molecule has 0 saturated heterocycles. The Kier molecular flexibility index (Phi) is 5.03. The normalized spacial score (nSPS) is 12.1. The van der Waals surface area contributed by atoms with E-state index in [1.165, 1.54) is 18.2 Å². The lowest BCUT2D eigenvalue weighted by Gasteiger charge is -2.14. The highest BCUT2D eigenvalue weighted by Gasteiger charge is 2.13. The molecule has 1 N–H and O–H groups in total. The van der Waals surface area contributed by atoms with Crippen molar-refractivity contribution < 1.29 is 9.31 Å². The highest BCUT2D eigenvalue weighted by Crippen LogP contribution is 2.25. The minimum Gasteiger partial charge on any atom is -0.306 e. The topological polar surface area (TPSA) is 55.2 Å². The number of halogens is 2. The smallest absolute Gasteiger partial charge is 0.283 e. The Morgan fingerprint density at radius 2 is 1.95 bits per heavy atom. The van der Waals surface area contributed by atoms with E-state index in [4.69, 9.17) is 0 Å². The molecule has 0 saturated carbocycles. The molecule has 0 aliphatic heterocycles. The molecule has 0 aliphatic carbocycles. The van der Waals surface area contributed by atoms with Crippen LogP contribution in [0.15, 0.2) is 46.9 Å². The van der Waals surface area contributed by atoms with Crippen LogP contribution in [0, 0.1) is 15.9 Å². The van der Waals surface area contributed by atoms with E-state index in [1.54, 1.807) is 18.2 Å².